The summed E-state index contributed by atoms with van der Waals surface area (Å²) in [6, 6.07) is 0. The van der Waals surface area contributed by atoms with E-state index in [1.165, 1.54) is 0 Å². The Bertz CT molecular complexity index is 241. The molecule has 0 aromatic heterocycles. The maximum atomic E-state index is 11.0. The fraction of sp³-hybridized carbons (Fsp3) is 0.909. The van der Waals surface area contributed by atoms with E-state index in [0.29, 0.717) is 0 Å². The van der Waals surface area contributed by atoms with Crippen molar-refractivity contribution in [1.29, 1.82) is 0 Å². The van der Waals surface area contributed by atoms with Crippen molar-refractivity contribution in [3.05, 3.63) is 0 Å². The van der Waals surface area contributed by atoms with Gasteiger partial charge in [-0.25, -0.2) is 0 Å². The highest BCUT2D eigenvalue weighted by molar-refractivity contribution is 5.77. The Morgan fingerprint density at radius 2 is 1.88 bits per heavy atom. The second-order valence-corrected chi connectivity index (χ2v) is 4.64. The Morgan fingerprint density at radius 3 is 2.50 bits per heavy atom. The lowest BCUT2D eigenvalue weighted by Crippen LogP contribution is -2.41. The lowest BCUT2D eigenvalue weighted by Gasteiger charge is -2.28. The topological polar surface area (TPSA) is 58.8 Å². The summed E-state index contributed by atoms with van der Waals surface area (Å²) in [6.45, 7) is 7.75. The number of likely N-dealkylation sites (tertiary alicyclic amines) is 1. The highest BCUT2D eigenvalue weighted by Crippen LogP contribution is 2.15. The largest absolute Gasteiger partial charge is 0.379 e. The Labute approximate surface area is 96.5 Å². The molecule has 5 nitrogen and oxygen atoms in total. The van der Waals surface area contributed by atoms with E-state index in [4.69, 9.17) is 10.5 Å². The Morgan fingerprint density at radius 1 is 1.19 bits per heavy atom. The Balaban J connectivity index is 1.65. The zero-order valence-corrected chi connectivity index (χ0v) is 9.73. The molecule has 2 N–H and O–H groups in total. The second kappa shape index (κ2) is 5.61. The minimum atomic E-state index is -0.145. The van der Waals surface area contributed by atoms with Crippen LogP contribution in [0.2, 0.25) is 0 Å². The van der Waals surface area contributed by atoms with Gasteiger partial charge in [0.25, 0.3) is 0 Å². The predicted molar refractivity (Wildman–Crippen MR) is 61.0 cm³/mol. The van der Waals surface area contributed by atoms with Crippen molar-refractivity contribution in [3.8, 4) is 0 Å². The molecule has 92 valence electrons. The van der Waals surface area contributed by atoms with E-state index in [2.05, 4.69) is 9.80 Å². The smallest absolute Gasteiger partial charge is 0.221 e. The fourth-order valence-electron chi connectivity index (χ4n) is 2.38. The number of hydrogen-bond acceptors (Lipinski definition) is 4. The van der Waals surface area contributed by atoms with Crippen LogP contribution >= 0.6 is 0 Å². The standard InChI is InChI=1S/C11H21N3O2/c12-11(15)10-1-2-14(9-10)4-3-13-5-7-16-8-6-13/h10H,1-9H2,(H2,12,15). The van der Waals surface area contributed by atoms with Gasteiger partial charge in [-0.05, 0) is 13.0 Å². The third-order valence-corrected chi connectivity index (χ3v) is 3.51. The molecule has 2 saturated heterocycles. The second-order valence-electron chi connectivity index (χ2n) is 4.64. The first kappa shape index (κ1) is 11.8. The molecule has 0 saturated carbocycles. The fourth-order valence-corrected chi connectivity index (χ4v) is 2.38. The summed E-state index contributed by atoms with van der Waals surface area (Å²) in [5.74, 6) is -0.0708. The van der Waals surface area contributed by atoms with E-state index in [9.17, 15) is 4.79 Å². The van der Waals surface area contributed by atoms with Gasteiger partial charge in [0, 0.05) is 32.7 Å². The van der Waals surface area contributed by atoms with Crippen LogP contribution in [0.5, 0.6) is 0 Å². The Hall–Kier alpha value is -0.650. The number of nitrogens with zero attached hydrogens (tertiary/aromatic N) is 2. The summed E-state index contributed by atoms with van der Waals surface area (Å²) >= 11 is 0. The molecular weight excluding hydrogens is 206 g/mol. The van der Waals surface area contributed by atoms with Crippen LogP contribution in [0.25, 0.3) is 0 Å². The molecule has 2 rings (SSSR count). The molecule has 0 aromatic carbocycles. The molecule has 1 amide bonds. The summed E-state index contributed by atoms with van der Waals surface area (Å²) < 4.78 is 5.30. The van der Waals surface area contributed by atoms with Gasteiger partial charge in [-0.3, -0.25) is 9.69 Å². The summed E-state index contributed by atoms with van der Waals surface area (Å²) in [7, 11) is 0. The summed E-state index contributed by atoms with van der Waals surface area (Å²) in [4.78, 5) is 15.8. The molecule has 1 atom stereocenters. The summed E-state index contributed by atoms with van der Waals surface area (Å²) in [5.41, 5.74) is 5.31. The molecule has 2 fully saturated rings. The van der Waals surface area contributed by atoms with Gasteiger partial charge in [-0.1, -0.05) is 0 Å². The van der Waals surface area contributed by atoms with Crippen molar-refractivity contribution in [3.63, 3.8) is 0 Å². The van der Waals surface area contributed by atoms with Crippen molar-refractivity contribution < 1.29 is 9.53 Å². The zero-order chi connectivity index (χ0) is 11.4. The van der Waals surface area contributed by atoms with Gasteiger partial charge in [0.15, 0.2) is 0 Å². The van der Waals surface area contributed by atoms with Crippen molar-refractivity contribution in [2.45, 2.75) is 6.42 Å². The van der Waals surface area contributed by atoms with Gasteiger partial charge >= 0.3 is 0 Å². The van der Waals surface area contributed by atoms with Crippen LogP contribution in [0.1, 0.15) is 6.42 Å². The van der Waals surface area contributed by atoms with Crippen molar-refractivity contribution in [2.75, 3.05) is 52.5 Å². The van der Waals surface area contributed by atoms with Gasteiger partial charge in [0.05, 0.1) is 19.1 Å². The molecule has 0 bridgehead atoms. The molecule has 16 heavy (non-hydrogen) atoms. The number of carbonyl (C=O) groups is 1. The maximum Gasteiger partial charge on any atom is 0.221 e. The minimum absolute atomic E-state index is 0.0738. The van der Waals surface area contributed by atoms with Gasteiger partial charge in [-0.15, -0.1) is 0 Å². The van der Waals surface area contributed by atoms with Crippen molar-refractivity contribution >= 4 is 5.91 Å². The van der Waals surface area contributed by atoms with Crippen molar-refractivity contribution in [1.82, 2.24) is 9.80 Å². The van der Waals surface area contributed by atoms with Crippen molar-refractivity contribution in [2.24, 2.45) is 11.7 Å². The predicted octanol–water partition coefficient (Wildman–Crippen LogP) is -0.874. The summed E-state index contributed by atoms with van der Waals surface area (Å²) in [6.07, 6.45) is 0.929. The van der Waals surface area contributed by atoms with Crippen LogP contribution in [0.15, 0.2) is 0 Å². The highest BCUT2D eigenvalue weighted by atomic mass is 16.5. The van der Waals surface area contributed by atoms with Gasteiger partial charge in [0.2, 0.25) is 5.91 Å². The number of primary amides is 1. The molecule has 0 aliphatic carbocycles. The Kier molecular flexibility index (Phi) is 4.15. The van der Waals surface area contributed by atoms with Crippen LogP contribution in [0.3, 0.4) is 0 Å². The quantitative estimate of drug-likeness (QED) is 0.678. The van der Waals surface area contributed by atoms with Crippen LogP contribution in [-0.2, 0) is 9.53 Å². The third-order valence-electron chi connectivity index (χ3n) is 3.51. The number of hydrogen-bond donors (Lipinski definition) is 1. The monoisotopic (exact) mass is 227 g/mol. The SMILES string of the molecule is NC(=O)C1CCN(CCN2CCOCC2)C1. The maximum absolute atomic E-state index is 11.0. The molecule has 0 aromatic rings. The van der Waals surface area contributed by atoms with Crippen LogP contribution in [0, 0.1) is 5.92 Å². The average Bonchev–Trinajstić information content (AvgIpc) is 2.76. The first-order valence-electron chi connectivity index (χ1n) is 6.07. The lowest BCUT2D eigenvalue weighted by atomic mass is 10.1. The molecule has 2 aliphatic rings. The molecule has 0 spiro atoms. The van der Waals surface area contributed by atoms with E-state index in [-0.39, 0.29) is 11.8 Å². The molecular formula is C11H21N3O2. The molecule has 1 unspecified atom stereocenters. The van der Waals surface area contributed by atoms with Crippen LogP contribution < -0.4 is 5.73 Å². The first-order chi connectivity index (χ1) is 7.75. The van der Waals surface area contributed by atoms with E-state index < -0.39 is 0 Å². The van der Waals surface area contributed by atoms with Gasteiger partial charge in [-0.2, -0.15) is 0 Å². The molecule has 0 radical (unpaired) electrons. The number of carbonyl (C=O) groups excluding carboxylic acids is 1. The molecule has 5 heteroatoms. The van der Waals surface area contributed by atoms with Crippen LogP contribution in [-0.4, -0.2) is 68.2 Å². The average molecular weight is 227 g/mol. The third kappa shape index (κ3) is 3.17. The van der Waals surface area contributed by atoms with E-state index in [0.717, 1.165) is 58.9 Å². The number of nitrogens with two attached hydrogens (primary N) is 1. The lowest BCUT2D eigenvalue weighted by molar-refractivity contribution is -0.121. The van der Waals surface area contributed by atoms with E-state index in [1.807, 2.05) is 0 Å². The zero-order valence-electron chi connectivity index (χ0n) is 9.73. The van der Waals surface area contributed by atoms with Gasteiger partial charge in [0.1, 0.15) is 0 Å². The number of amides is 1. The number of rotatable bonds is 4. The number of morpholine rings is 1. The van der Waals surface area contributed by atoms with Gasteiger partial charge < -0.3 is 15.4 Å². The summed E-state index contributed by atoms with van der Waals surface area (Å²) in [5, 5.41) is 0. The van der Waals surface area contributed by atoms with E-state index >= 15 is 0 Å². The van der Waals surface area contributed by atoms with E-state index in [1.54, 1.807) is 0 Å². The normalized spacial score (nSPS) is 28.4. The molecule has 2 heterocycles. The minimum Gasteiger partial charge on any atom is -0.379 e. The number of ether oxygens (including phenoxy) is 1. The molecule has 2 aliphatic heterocycles. The van der Waals surface area contributed by atoms with Crippen LogP contribution in [0.4, 0.5) is 0 Å². The highest BCUT2D eigenvalue weighted by Gasteiger charge is 2.26. The first-order valence-corrected chi connectivity index (χ1v) is 6.07.